The summed E-state index contributed by atoms with van der Waals surface area (Å²) in [6.07, 6.45) is 1.70. The lowest BCUT2D eigenvalue weighted by molar-refractivity contribution is -0.117. The van der Waals surface area contributed by atoms with Gasteiger partial charge >= 0.3 is 0 Å². The van der Waals surface area contributed by atoms with Crippen LogP contribution >= 0.6 is 11.3 Å². The molecule has 1 aliphatic carbocycles. The average Bonchev–Trinajstić information content (AvgIpc) is 3.42. The Kier molecular flexibility index (Phi) is 8.60. The predicted molar refractivity (Wildman–Crippen MR) is 168 cm³/mol. The molecule has 3 aromatic heterocycles. The van der Waals surface area contributed by atoms with Gasteiger partial charge in [0.1, 0.15) is 34.1 Å². The van der Waals surface area contributed by atoms with Crippen LogP contribution in [0.3, 0.4) is 0 Å². The first kappa shape index (κ1) is 32.9. The van der Waals surface area contributed by atoms with Gasteiger partial charge < -0.3 is 25.6 Å². The number of rotatable bonds is 12. The van der Waals surface area contributed by atoms with Crippen LogP contribution in [-0.4, -0.2) is 51.9 Å². The van der Waals surface area contributed by atoms with Gasteiger partial charge in [-0.2, -0.15) is 16.4 Å². The van der Waals surface area contributed by atoms with E-state index in [4.69, 9.17) is 15.2 Å². The molecule has 1 atom stereocenters. The molecule has 15 heteroatoms. The number of nitrogens with two attached hydrogens (primary N) is 1. The van der Waals surface area contributed by atoms with Crippen LogP contribution < -0.4 is 20.5 Å². The van der Waals surface area contributed by atoms with Crippen molar-refractivity contribution in [2.75, 3.05) is 20.3 Å². The molecule has 0 bridgehead atoms. The van der Waals surface area contributed by atoms with Gasteiger partial charge in [0, 0.05) is 52.7 Å². The quantitative estimate of drug-likeness (QED) is 0.123. The highest BCUT2D eigenvalue weighted by atomic mass is 32.1. The fourth-order valence-electron chi connectivity index (χ4n) is 5.39. The lowest BCUT2D eigenvalue weighted by atomic mass is 9.89. The number of thiophene rings is 1. The van der Waals surface area contributed by atoms with Crippen LogP contribution in [0.1, 0.15) is 46.9 Å². The number of carbonyl (C=O) groups is 2. The van der Waals surface area contributed by atoms with E-state index in [1.165, 1.54) is 47.5 Å². The summed E-state index contributed by atoms with van der Waals surface area (Å²) in [5.41, 5.74) is 3.25. The Balaban J connectivity index is 1.43. The third-order valence-electron chi connectivity index (χ3n) is 8.02. The van der Waals surface area contributed by atoms with E-state index in [0.717, 1.165) is 0 Å². The van der Waals surface area contributed by atoms with Gasteiger partial charge in [-0.1, -0.05) is 0 Å². The van der Waals surface area contributed by atoms with Crippen LogP contribution in [-0.2, 0) is 22.6 Å². The highest BCUT2D eigenvalue weighted by molar-refractivity contribution is 7.08. The Morgan fingerprint density at radius 2 is 1.90 bits per heavy atom. The number of methoxy groups -OCH3 is 1. The number of hydrogen-bond donors (Lipinski definition) is 3. The van der Waals surface area contributed by atoms with E-state index in [2.05, 4.69) is 15.4 Å². The first-order chi connectivity index (χ1) is 22.9. The normalized spacial score (nSPS) is 14.8. The Bertz CT molecular complexity index is 2050. The van der Waals surface area contributed by atoms with Crippen molar-refractivity contribution in [3.8, 4) is 22.8 Å². The first-order valence-electron chi connectivity index (χ1n) is 14.8. The molecule has 3 heterocycles. The molecule has 0 radical (unpaired) electrons. The Morgan fingerprint density at radius 1 is 1.15 bits per heavy atom. The summed E-state index contributed by atoms with van der Waals surface area (Å²) in [5, 5.41) is 23.0. The zero-order valence-corrected chi connectivity index (χ0v) is 26.5. The average molecular weight is 684 g/mol. The Morgan fingerprint density at radius 3 is 2.54 bits per heavy atom. The smallest absolute Gasteiger partial charge is 0.251 e. The van der Waals surface area contributed by atoms with Crippen LogP contribution in [0.5, 0.6) is 11.5 Å². The predicted octanol–water partition coefficient (Wildman–Crippen LogP) is 5.09. The van der Waals surface area contributed by atoms with Crippen LogP contribution in [0.25, 0.3) is 22.2 Å². The lowest BCUT2D eigenvalue weighted by Crippen LogP contribution is -2.42. The second-order valence-corrected chi connectivity index (χ2v) is 12.1. The van der Waals surface area contributed by atoms with Crippen molar-refractivity contribution in [3.63, 3.8) is 0 Å². The molecule has 5 aromatic rings. The third-order valence-corrected chi connectivity index (χ3v) is 8.71. The molecule has 0 unspecified atom stereocenters. The Hall–Kier alpha value is -5.02. The molecule has 1 saturated carbocycles. The summed E-state index contributed by atoms with van der Waals surface area (Å²) in [6, 6.07) is 6.79. The molecule has 2 amide bonds. The molecule has 0 aliphatic heterocycles. The van der Waals surface area contributed by atoms with Crippen molar-refractivity contribution < 1.29 is 41.7 Å². The van der Waals surface area contributed by atoms with E-state index in [1.54, 1.807) is 23.8 Å². The van der Waals surface area contributed by atoms with E-state index in [-0.39, 0.29) is 46.2 Å². The van der Waals surface area contributed by atoms with Crippen molar-refractivity contribution in [2.24, 2.45) is 5.73 Å². The van der Waals surface area contributed by atoms with Gasteiger partial charge in [-0.3, -0.25) is 9.59 Å². The molecular weight excluding hydrogens is 654 g/mol. The number of aliphatic hydroxyl groups is 1. The van der Waals surface area contributed by atoms with Gasteiger partial charge in [0.05, 0.1) is 32.4 Å². The monoisotopic (exact) mass is 683 g/mol. The number of primary amides is 1. The van der Waals surface area contributed by atoms with Gasteiger partial charge in [0.25, 0.3) is 5.91 Å². The number of aromatic nitrogens is 3. The number of nitrogens with one attached hydrogen (secondary N) is 1. The second-order valence-electron chi connectivity index (χ2n) is 11.3. The van der Waals surface area contributed by atoms with E-state index in [1.807, 2.05) is 0 Å². The van der Waals surface area contributed by atoms with Crippen molar-refractivity contribution in [1.82, 2.24) is 20.1 Å². The molecule has 0 saturated heterocycles. The number of ether oxygens (including phenoxy) is 2. The van der Waals surface area contributed by atoms with Crippen LogP contribution in [0.15, 0.2) is 53.4 Å². The minimum Gasteiger partial charge on any atom is -0.494 e. The maximum absolute atomic E-state index is 15.2. The van der Waals surface area contributed by atoms with E-state index >= 15 is 4.39 Å². The number of pyridine rings is 1. The molecule has 1 fully saturated rings. The standard InChI is InChI=1S/C33H29F4N5O5S/c1-3-47-30-17(11-27(38)43)10-26(40-29(30)21-12-23(35)24(36)13-22(21)34)33(45,20-4-7-48-15-20)16-39-31(44)18-8-19-14-42(32(37)5-6-32)41-28(19)25(9-18)46-2/h4,7-10,12-15,45H,3,5-6,11,16H2,1-2H3,(H2,38,43)(H,39,44)/t33-/m1/s1. The van der Waals surface area contributed by atoms with E-state index < -0.39 is 59.2 Å². The van der Waals surface area contributed by atoms with Gasteiger partial charge in [-0.25, -0.2) is 27.2 Å². The number of halogens is 4. The van der Waals surface area contributed by atoms with E-state index in [9.17, 15) is 27.9 Å². The minimum atomic E-state index is -2.11. The number of fused-ring (bicyclic) bond motifs is 1. The van der Waals surface area contributed by atoms with Gasteiger partial charge in [-0.05, 0) is 48.0 Å². The molecule has 1 aliphatic rings. The SMILES string of the molecule is CCOc1c(CC(N)=O)cc([C@@](O)(CNC(=O)c2cc(OC)c3nn(C4(F)CC4)cc3c2)c2ccsc2)nc1-c1cc(F)c(F)cc1F. The zero-order valence-electron chi connectivity index (χ0n) is 25.7. The highest BCUT2D eigenvalue weighted by Crippen LogP contribution is 2.45. The molecule has 10 nitrogen and oxygen atoms in total. The first-order valence-corrected chi connectivity index (χ1v) is 15.7. The maximum atomic E-state index is 15.2. The van der Waals surface area contributed by atoms with E-state index in [0.29, 0.717) is 35.9 Å². The van der Waals surface area contributed by atoms with Crippen molar-refractivity contribution in [3.05, 3.63) is 93.2 Å². The van der Waals surface area contributed by atoms with Gasteiger partial charge in [-0.15, -0.1) is 0 Å². The number of alkyl halides is 1. The highest BCUT2D eigenvalue weighted by Gasteiger charge is 2.46. The van der Waals surface area contributed by atoms with Crippen molar-refractivity contribution in [1.29, 1.82) is 0 Å². The fourth-order valence-corrected chi connectivity index (χ4v) is 6.11. The number of benzene rings is 2. The number of carbonyl (C=O) groups excluding carboxylic acids is 2. The molecule has 6 rings (SSSR count). The molecule has 0 spiro atoms. The lowest BCUT2D eigenvalue weighted by Gasteiger charge is -2.29. The van der Waals surface area contributed by atoms with Crippen LogP contribution in [0.4, 0.5) is 17.6 Å². The summed E-state index contributed by atoms with van der Waals surface area (Å²) >= 11 is 1.23. The summed E-state index contributed by atoms with van der Waals surface area (Å²) in [4.78, 5) is 30.2. The number of amides is 2. The minimum absolute atomic E-state index is 0.0228. The van der Waals surface area contributed by atoms with Crippen molar-refractivity contribution >= 4 is 34.1 Å². The Labute approximate surface area is 275 Å². The van der Waals surface area contributed by atoms with Gasteiger partial charge in [0.2, 0.25) is 11.7 Å². The van der Waals surface area contributed by atoms with Crippen LogP contribution in [0.2, 0.25) is 0 Å². The second kappa shape index (κ2) is 12.5. The summed E-state index contributed by atoms with van der Waals surface area (Å²) in [6.45, 7) is 1.14. The van der Waals surface area contributed by atoms with Crippen molar-refractivity contribution in [2.45, 2.75) is 37.6 Å². The molecule has 2 aromatic carbocycles. The largest absolute Gasteiger partial charge is 0.494 e. The molecule has 250 valence electrons. The summed E-state index contributed by atoms with van der Waals surface area (Å²) in [7, 11) is 1.39. The fraction of sp³-hybridized carbons (Fsp3) is 0.273. The zero-order chi connectivity index (χ0) is 34.4. The molecular formula is C33H29F4N5O5S. The molecule has 48 heavy (non-hydrogen) atoms. The number of nitrogens with zero attached hydrogens (tertiary/aromatic N) is 3. The molecule has 4 N–H and O–H groups in total. The summed E-state index contributed by atoms with van der Waals surface area (Å²) < 4.78 is 70.5. The van der Waals surface area contributed by atoms with Gasteiger partial charge in [0.15, 0.2) is 11.6 Å². The number of hydrogen-bond acceptors (Lipinski definition) is 8. The third kappa shape index (κ3) is 6.06. The summed E-state index contributed by atoms with van der Waals surface area (Å²) in [5.74, 6) is -6.89. The maximum Gasteiger partial charge on any atom is 0.251 e. The van der Waals surface area contributed by atoms with Crippen LogP contribution in [0, 0.1) is 17.5 Å². The topological polar surface area (TPSA) is 142 Å².